The lowest BCUT2D eigenvalue weighted by atomic mass is 10.1. The molecule has 0 saturated carbocycles. The van der Waals surface area contributed by atoms with Gasteiger partial charge in [-0.3, -0.25) is 4.79 Å². The number of hydrogen-bond donors (Lipinski definition) is 2. The number of hydrogen-bond acceptors (Lipinski definition) is 2. The molecule has 19 heavy (non-hydrogen) atoms. The first-order valence-corrected chi connectivity index (χ1v) is 5.42. The number of carbonyl (C=O) groups is 1. The van der Waals surface area contributed by atoms with Crippen molar-refractivity contribution < 1.29 is 23.1 Å². The van der Waals surface area contributed by atoms with Crippen LogP contribution in [-0.2, 0) is 11.0 Å². The van der Waals surface area contributed by atoms with E-state index < -0.39 is 23.8 Å². The zero-order valence-electron chi connectivity index (χ0n) is 10.1. The Hall–Kier alpha value is -2.00. The fourth-order valence-corrected chi connectivity index (χ4v) is 1.20. The maximum atomic E-state index is 12.4. The van der Waals surface area contributed by atoms with E-state index >= 15 is 0 Å². The topological polar surface area (TPSA) is 49.3 Å². The Labute approximate surface area is 108 Å². The first kappa shape index (κ1) is 15.1. The molecule has 2 N–H and O–H groups in total. The van der Waals surface area contributed by atoms with Crippen LogP contribution in [0.5, 0.6) is 0 Å². The van der Waals surface area contributed by atoms with Gasteiger partial charge < -0.3 is 10.4 Å². The van der Waals surface area contributed by atoms with Gasteiger partial charge in [0, 0.05) is 5.56 Å². The fourth-order valence-electron chi connectivity index (χ4n) is 1.20. The van der Waals surface area contributed by atoms with E-state index in [0.29, 0.717) is 0 Å². The lowest BCUT2D eigenvalue weighted by Crippen LogP contribution is -2.32. The van der Waals surface area contributed by atoms with Crippen molar-refractivity contribution in [2.75, 3.05) is 6.54 Å². The van der Waals surface area contributed by atoms with E-state index in [9.17, 15) is 18.0 Å². The van der Waals surface area contributed by atoms with Crippen molar-refractivity contribution in [2.24, 2.45) is 0 Å². The van der Waals surface area contributed by atoms with Gasteiger partial charge in [0.1, 0.15) is 6.10 Å². The van der Waals surface area contributed by atoms with Crippen LogP contribution in [0.25, 0.3) is 0 Å². The molecular formula is C13H12F3NO2. The summed E-state index contributed by atoms with van der Waals surface area (Å²) in [5.74, 6) is 4.43. The van der Waals surface area contributed by atoms with E-state index in [-0.39, 0.29) is 12.1 Å². The summed E-state index contributed by atoms with van der Waals surface area (Å²) in [7, 11) is 0. The van der Waals surface area contributed by atoms with Crippen LogP contribution in [0.1, 0.15) is 18.1 Å². The summed E-state index contributed by atoms with van der Waals surface area (Å²) in [6.07, 6.45) is -5.55. The largest absolute Gasteiger partial charge is 0.416 e. The number of aliphatic hydroxyl groups is 1. The van der Waals surface area contributed by atoms with Gasteiger partial charge in [0.15, 0.2) is 0 Å². The van der Waals surface area contributed by atoms with E-state index in [4.69, 9.17) is 5.11 Å². The Kier molecular flexibility index (Phi) is 4.95. The first-order valence-electron chi connectivity index (χ1n) is 5.42. The monoisotopic (exact) mass is 271 g/mol. The summed E-state index contributed by atoms with van der Waals surface area (Å²) in [6, 6.07) is 4.60. The number of aliphatic hydroxyl groups excluding tert-OH is 1. The van der Waals surface area contributed by atoms with Crippen LogP contribution in [0.2, 0.25) is 0 Å². The van der Waals surface area contributed by atoms with Crippen LogP contribution in [0.15, 0.2) is 24.3 Å². The molecule has 0 aromatic heterocycles. The second kappa shape index (κ2) is 6.25. The highest BCUT2D eigenvalue weighted by atomic mass is 19.4. The van der Waals surface area contributed by atoms with Gasteiger partial charge in [-0.25, -0.2) is 0 Å². The van der Waals surface area contributed by atoms with Crippen LogP contribution in [-0.4, -0.2) is 23.7 Å². The molecule has 6 heteroatoms. The third-order valence-electron chi connectivity index (χ3n) is 2.15. The van der Waals surface area contributed by atoms with Crippen molar-refractivity contribution in [3.8, 4) is 11.8 Å². The zero-order chi connectivity index (χ0) is 14.5. The smallest absolute Gasteiger partial charge is 0.384 e. The third-order valence-corrected chi connectivity index (χ3v) is 2.15. The molecule has 0 saturated heterocycles. The third kappa shape index (κ3) is 5.02. The first-order chi connectivity index (χ1) is 8.80. The second-order valence-electron chi connectivity index (χ2n) is 3.77. The van der Waals surface area contributed by atoms with Gasteiger partial charge in [0.2, 0.25) is 5.91 Å². The van der Waals surface area contributed by atoms with E-state index in [1.807, 2.05) is 0 Å². The minimum Gasteiger partial charge on any atom is -0.384 e. The molecule has 0 aliphatic rings. The predicted molar refractivity (Wildman–Crippen MR) is 63.0 cm³/mol. The van der Waals surface area contributed by atoms with Crippen molar-refractivity contribution in [3.05, 3.63) is 35.4 Å². The van der Waals surface area contributed by atoms with E-state index in [1.165, 1.54) is 19.1 Å². The van der Waals surface area contributed by atoms with Gasteiger partial charge >= 0.3 is 6.18 Å². The van der Waals surface area contributed by atoms with E-state index in [2.05, 4.69) is 17.2 Å². The van der Waals surface area contributed by atoms with Gasteiger partial charge in [0.25, 0.3) is 0 Å². The zero-order valence-corrected chi connectivity index (χ0v) is 10.1. The quantitative estimate of drug-likeness (QED) is 0.802. The number of halogens is 3. The number of amides is 1. The van der Waals surface area contributed by atoms with Gasteiger partial charge in [-0.1, -0.05) is 17.9 Å². The van der Waals surface area contributed by atoms with Crippen LogP contribution in [0.3, 0.4) is 0 Å². The molecule has 1 aromatic carbocycles. The van der Waals surface area contributed by atoms with Crippen molar-refractivity contribution in [3.63, 3.8) is 0 Å². The lowest BCUT2D eigenvalue weighted by molar-refractivity contribution is -0.137. The molecule has 1 rings (SSSR count). The molecule has 1 aromatic rings. The molecule has 0 aliphatic heterocycles. The maximum absolute atomic E-state index is 12.4. The minimum absolute atomic E-state index is 0.0417. The van der Waals surface area contributed by atoms with Crippen LogP contribution in [0, 0.1) is 11.8 Å². The highest BCUT2D eigenvalue weighted by Crippen LogP contribution is 2.29. The molecule has 0 heterocycles. The Morgan fingerprint density at radius 2 is 2.16 bits per heavy atom. The Morgan fingerprint density at radius 3 is 2.74 bits per heavy atom. The Bertz CT molecular complexity index is 513. The molecule has 1 unspecified atom stereocenters. The standard InChI is InChI=1S/C13H12F3NO2/c1-9(18)12(19)17-7-3-5-10-4-2-6-11(8-10)13(14,15)16/h2,4,6,8-9,18H,7H2,1H3,(H,17,19). The van der Waals surface area contributed by atoms with Gasteiger partial charge in [-0.15, -0.1) is 0 Å². The van der Waals surface area contributed by atoms with E-state index in [1.54, 1.807) is 0 Å². The number of nitrogens with one attached hydrogen (secondary N) is 1. The molecule has 1 atom stereocenters. The SMILES string of the molecule is CC(O)C(=O)NCC#Cc1cccc(C(F)(F)F)c1. The number of benzene rings is 1. The van der Waals surface area contributed by atoms with Crippen LogP contribution < -0.4 is 5.32 Å². The van der Waals surface area contributed by atoms with Crippen LogP contribution >= 0.6 is 0 Å². The Morgan fingerprint density at radius 1 is 1.47 bits per heavy atom. The molecule has 1 amide bonds. The normalized spacial score (nSPS) is 12.3. The van der Waals surface area contributed by atoms with E-state index in [0.717, 1.165) is 12.1 Å². The maximum Gasteiger partial charge on any atom is 0.416 e. The summed E-state index contributed by atoms with van der Waals surface area (Å²) in [4.78, 5) is 11.0. The number of rotatable bonds is 2. The Balaban J connectivity index is 2.66. The lowest BCUT2D eigenvalue weighted by Gasteiger charge is -2.05. The average Bonchev–Trinajstić information content (AvgIpc) is 2.33. The fraction of sp³-hybridized carbons (Fsp3) is 0.308. The van der Waals surface area contributed by atoms with Gasteiger partial charge in [0.05, 0.1) is 12.1 Å². The highest BCUT2D eigenvalue weighted by Gasteiger charge is 2.30. The minimum atomic E-state index is -4.40. The summed E-state index contributed by atoms with van der Waals surface area (Å²) in [6.45, 7) is 1.26. The van der Waals surface area contributed by atoms with Crippen molar-refractivity contribution in [2.45, 2.75) is 19.2 Å². The predicted octanol–water partition coefficient (Wildman–Crippen LogP) is 1.55. The summed E-state index contributed by atoms with van der Waals surface area (Å²) >= 11 is 0. The van der Waals surface area contributed by atoms with Crippen molar-refractivity contribution in [1.82, 2.24) is 5.32 Å². The molecular weight excluding hydrogens is 259 g/mol. The average molecular weight is 271 g/mol. The number of alkyl halides is 3. The molecule has 0 fully saturated rings. The summed E-state index contributed by atoms with van der Waals surface area (Å²) in [5, 5.41) is 11.2. The molecule has 3 nitrogen and oxygen atoms in total. The molecule has 0 aliphatic carbocycles. The summed E-state index contributed by atoms with van der Waals surface area (Å²) < 4.78 is 37.3. The highest BCUT2D eigenvalue weighted by molar-refractivity contribution is 5.80. The van der Waals surface area contributed by atoms with Crippen LogP contribution in [0.4, 0.5) is 13.2 Å². The second-order valence-corrected chi connectivity index (χ2v) is 3.77. The number of carbonyl (C=O) groups excluding carboxylic acids is 1. The van der Waals surface area contributed by atoms with Gasteiger partial charge in [-0.05, 0) is 25.1 Å². The van der Waals surface area contributed by atoms with Crippen molar-refractivity contribution >= 4 is 5.91 Å². The molecule has 0 radical (unpaired) electrons. The summed E-state index contributed by atoms with van der Waals surface area (Å²) in [5.41, 5.74) is -0.562. The molecule has 0 bridgehead atoms. The van der Waals surface area contributed by atoms with Crippen molar-refractivity contribution in [1.29, 1.82) is 0 Å². The van der Waals surface area contributed by atoms with Gasteiger partial charge in [-0.2, -0.15) is 13.2 Å². The molecule has 102 valence electrons. The molecule has 0 spiro atoms.